The number of benzene rings is 1. The number of amides is 1. The summed E-state index contributed by atoms with van der Waals surface area (Å²) in [4.78, 5) is 12.1. The molecule has 0 radical (unpaired) electrons. The van der Waals surface area contributed by atoms with Crippen LogP contribution in [0.2, 0.25) is 0 Å². The Kier molecular flexibility index (Phi) is 4.99. The second-order valence-electron chi connectivity index (χ2n) is 5.36. The third-order valence-corrected chi connectivity index (χ3v) is 3.21. The number of furan rings is 1. The fraction of sp³-hybridized carbons (Fsp3) is 0.353. The number of hydrogen-bond donors (Lipinski definition) is 1. The molecular weight excluding hydrogens is 250 g/mol. The van der Waals surface area contributed by atoms with Crippen molar-refractivity contribution >= 4 is 5.91 Å². The van der Waals surface area contributed by atoms with Crippen molar-refractivity contribution in [1.29, 1.82) is 0 Å². The molecule has 2 rings (SSSR count). The highest BCUT2D eigenvalue weighted by Crippen LogP contribution is 2.22. The standard InChI is InChI=1S/C17H21NO2/c1-13(2)10-11-16(19)18-17(15-9-6-12-20-15)14-7-4-3-5-8-14/h3-9,12-13,17H,10-11H2,1-2H3,(H,18,19). The first kappa shape index (κ1) is 14.4. The lowest BCUT2D eigenvalue weighted by molar-refractivity contribution is -0.122. The summed E-state index contributed by atoms with van der Waals surface area (Å²) in [6, 6.07) is 13.4. The Bertz CT molecular complexity index is 517. The van der Waals surface area contributed by atoms with Crippen LogP contribution in [0.5, 0.6) is 0 Å². The maximum Gasteiger partial charge on any atom is 0.220 e. The molecule has 0 saturated heterocycles. The van der Waals surface area contributed by atoms with Gasteiger partial charge in [-0.25, -0.2) is 0 Å². The van der Waals surface area contributed by atoms with E-state index >= 15 is 0 Å². The van der Waals surface area contributed by atoms with Crippen LogP contribution in [0.1, 0.15) is 44.1 Å². The van der Waals surface area contributed by atoms with Crippen molar-refractivity contribution in [1.82, 2.24) is 5.32 Å². The zero-order valence-corrected chi connectivity index (χ0v) is 12.0. The van der Waals surface area contributed by atoms with Crippen molar-refractivity contribution in [3.63, 3.8) is 0 Å². The Morgan fingerprint density at radius 1 is 1.15 bits per heavy atom. The van der Waals surface area contributed by atoms with Crippen molar-refractivity contribution in [2.45, 2.75) is 32.7 Å². The Morgan fingerprint density at radius 3 is 2.50 bits per heavy atom. The molecule has 0 saturated carbocycles. The Morgan fingerprint density at radius 2 is 1.90 bits per heavy atom. The van der Waals surface area contributed by atoms with Gasteiger partial charge in [0, 0.05) is 6.42 Å². The Labute approximate surface area is 120 Å². The highest BCUT2D eigenvalue weighted by atomic mass is 16.3. The highest BCUT2D eigenvalue weighted by molar-refractivity contribution is 5.76. The molecule has 1 N–H and O–H groups in total. The summed E-state index contributed by atoms with van der Waals surface area (Å²) >= 11 is 0. The van der Waals surface area contributed by atoms with Gasteiger partial charge in [0.2, 0.25) is 5.91 Å². The summed E-state index contributed by atoms with van der Waals surface area (Å²) < 4.78 is 5.46. The molecule has 3 nitrogen and oxygen atoms in total. The number of carbonyl (C=O) groups excluding carboxylic acids is 1. The Hall–Kier alpha value is -2.03. The summed E-state index contributed by atoms with van der Waals surface area (Å²) in [7, 11) is 0. The van der Waals surface area contributed by atoms with Gasteiger partial charge in [-0.15, -0.1) is 0 Å². The quantitative estimate of drug-likeness (QED) is 0.865. The van der Waals surface area contributed by atoms with Crippen LogP contribution in [0.25, 0.3) is 0 Å². The lowest BCUT2D eigenvalue weighted by atomic mass is 10.0. The minimum Gasteiger partial charge on any atom is -0.467 e. The fourth-order valence-corrected chi connectivity index (χ4v) is 2.07. The van der Waals surface area contributed by atoms with E-state index < -0.39 is 0 Å². The zero-order chi connectivity index (χ0) is 14.4. The van der Waals surface area contributed by atoms with E-state index in [0.29, 0.717) is 12.3 Å². The van der Waals surface area contributed by atoms with Crippen LogP contribution >= 0.6 is 0 Å². The van der Waals surface area contributed by atoms with Crippen molar-refractivity contribution in [3.8, 4) is 0 Å². The largest absolute Gasteiger partial charge is 0.467 e. The number of carbonyl (C=O) groups is 1. The van der Waals surface area contributed by atoms with E-state index in [1.807, 2.05) is 42.5 Å². The van der Waals surface area contributed by atoms with E-state index in [0.717, 1.165) is 17.7 Å². The van der Waals surface area contributed by atoms with Gasteiger partial charge in [0.1, 0.15) is 11.8 Å². The third kappa shape index (κ3) is 3.98. The summed E-state index contributed by atoms with van der Waals surface area (Å²) in [6.07, 6.45) is 3.07. The van der Waals surface area contributed by atoms with Gasteiger partial charge < -0.3 is 9.73 Å². The first-order valence-corrected chi connectivity index (χ1v) is 7.04. The van der Waals surface area contributed by atoms with Crippen molar-refractivity contribution in [2.24, 2.45) is 5.92 Å². The summed E-state index contributed by atoms with van der Waals surface area (Å²) in [5.41, 5.74) is 1.03. The molecule has 1 heterocycles. The second kappa shape index (κ2) is 6.94. The SMILES string of the molecule is CC(C)CCC(=O)NC(c1ccccc1)c1ccco1. The molecule has 2 aromatic rings. The topological polar surface area (TPSA) is 42.2 Å². The van der Waals surface area contributed by atoms with E-state index in [2.05, 4.69) is 19.2 Å². The van der Waals surface area contributed by atoms with Gasteiger partial charge in [-0.1, -0.05) is 44.2 Å². The van der Waals surface area contributed by atoms with E-state index in [1.54, 1.807) is 6.26 Å². The lowest BCUT2D eigenvalue weighted by Gasteiger charge is -2.17. The minimum atomic E-state index is -0.217. The summed E-state index contributed by atoms with van der Waals surface area (Å²) in [5.74, 6) is 1.34. The molecule has 1 unspecified atom stereocenters. The number of rotatable bonds is 6. The van der Waals surface area contributed by atoms with Gasteiger partial charge in [-0.3, -0.25) is 4.79 Å². The molecule has 0 fully saturated rings. The monoisotopic (exact) mass is 271 g/mol. The van der Waals surface area contributed by atoms with Gasteiger partial charge in [-0.2, -0.15) is 0 Å². The smallest absolute Gasteiger partial charge is 0.220 e. The molecule has 1 amide bonds. The minimum absolute atomic E-state index is 0.0592. The van der Waals surface area contributed by atoms with Crippen LogP contribution in [0.4, 0.5) is 0 Å². The predicted molar refractivity (Wildman–Crippen MR) is 79.2 cm³/mol. The molecule has 1 atom stereocenters. The molecule has 0 bridgehead atoms. The van der Waals surface area contributed by atoms with Gasteiger partial charge in [0.05, 0.1) is 6.26 Å². The number of hydrogen-bond acceptors (Lipinski definition) is 2. The third-order valence-electron chi connectivity index (χ3n) is 3.21. The molecular formula is C17H21NO2. The summed E-state index contributed by atoms with van der Waals surface area (Å²) in [5, 5.41) is 3.06. The van der Waals surface area contributed by atoms with Crippen LogP contribution in [0, 0.1) is 5.92 Å². The predicted octanol–water partition coefficient (Wildman–Crippen LogP) is 3.92. The molecule has 0 aliphatic carbocycles. The molecule has 106 valence electrons. The van der Waals surface area contributed by atoms with Crippen molar-refractivity contribution in [2.75, 3.05) is 0 Å². The molecule has 0 aliphatic rings. The average Bonchev–Trinajstić information content (AvgIpc) is 2.97. The molecule has 0 aliphatic heterocycles. The van der Waals surface area contributed by atoms with Gasteiger partial charge in [0.25, 0.3) is 0 Å². The molecule has 0 spiro atoms. The molecule has 3 heteroatoms. The second-order valence-corrected chi connectivity index (χ2v) is 5.36. The summed E-state index contributed by atoms with van der Waals surface area (Å²) in [6.45, 7) is 4.24. The average molecular weight is 271 g/mol. The molecule has 1 aromatic heterocycles. The van der Waals surface area contributed by atoms with E-state index in [1.165, 1.54) is 0 Å². The van der Waals surface area contributed by atoms with Crippen LogP contribution < -0.4 is 5.32 Å². The van der Waals surface area contributed by atoms with Crippen LogP contribution in [-0.2, 0) is 4.79 Å². The normalized spacial score (nSPS) is 12.3. The zero-order valence-electron chi connectivity index (χ0n) is 12.0. The molecule has 1 aromatic carbocycles. The van der Waals surface area contributed by atoms with Gasteiger partial charge >= 0.3 is 0 Å². The first-order chi connectivity index (χ1) is 9.66. The number of nitrogens with one attached hydrogen (secondary N) is 1. The molecule has 20 heavy (non-hydrogen) atoms. The van der Waals surface area contributed by atoms with Crippen LogP contribution in [-0.4, -0.2) is 5.91 Å². The van der Waals surface area contributed by atoms with Crippen molar-refractivity contribution in [3.05, 3.63) is 60.1 Å². The maximum absolute atomic E-state index is 12.1. The highest BCUT2D eigenvalue weighted by Gasteiger charge is 2.19. The van der Waals surface area contributed by atoms with E-state index in [-0.39, 0.29) is 11.9 Å². The first-order valence-electron chi connectivity index (χ1n) is 7.04. The van der Waals surface area contributed by atoms with E-state index in [9.17, 15) is 4.79 Å². The maximum atomic E-state index is 12.1. The van der Waals surface area contributed by atoms with E-state index in [4.69, 9.17) is 4.42 Å². The van der Waals surface area contributed by atoms with Gasteiger partial charge in [0.15, 0.2) is 0 Å². The lowest BCUT2D eigenvalue weighted by Crippen LogP contribution is -2.29. The van der Waals surface area contributed by atoms with Crippen molar-refractivity contribution < 1.29 is 9.21 Å². The fourth-order valence-electron chi connectivity index (χ4n) is 2.07. The Balaban J connectivity index is 2.10. The van der Waals surface area contributed by atoms with Gasteiger partial charge in [-0.05, 0) is 30.0 Å². The van der Waals surface area contributed by atoms with Crippen LogP contribution in [0.15, 0.2) is 53.1 Å². The van der Waals surface area contributed by atoms with Crippen LogP contribution in [0.3, 0.4) is 0 Å².